The fourth-order valence-corrected chi connectivity index (χ4v) is 2.96. The first kappa shape index (κ1) is 15.5. The molecule has 0 aliphatic carbocycles. The number of halogens is 2. The number of aliphatic hydroxyl groups is 1. The Balaban J connectivity index is 2.30. The van der Waals surface area contributed by atoms with E-state index in [0.717, 1.165) is 26.7 Å². The molecular weight excluding hydrogens is 382 g/mol. The summed E-state index contributed by atoms with van der Waals surface area (Å²) in [6.45, 7) is 2.57. The summed E-state index contributed by atoms with van der Waals surface area (Å²) in [5.41, 5.74) is 3.18. The van der Waals surface area contributed by atoms with Crippen LogP contribution in [-0.2, 0) is 6.54 Å². The number of hydrogen-bond donors (Lipinski definition) is 1. The van der Waals surface area contributed by atoms with Gasteiger partial charge in [-0.2, -0.15) is 0 Å². The molecule has 0 aliphatic rings. The van der Waals surface area contributed by atoms with E-state index >= 15 is 0 Å². The second kappa shape index (κ2) is 6.74. The third-order valence-corrected chi connectivity index (χ3v) is 4.48. The monoisotopic (exact) mass is 397 g/mol. The number of anilines is 1. The Morgan fingerprint density at radius 1 is 1.15 bits per heavy atom. The Hall–Kier alpha value is -0.840. The van der Waals surface area contributed by atoms with Crippen molar-refractivity contribution in [2.24, 2.45) is 0 Å². The van der Waals surface area contributed by atoms with Gasteiger partial charge in [-0.05, 0) is 36.8 Å². The van der Waals surface area contributed by atoms with Gasteiger partial charge < -0.3 is 10.0 Å². The van der Waals surface area contributed by atoms with Gasteiger partial charge in [0.2, 0.25) is 0 Å². The smallest absolute Gasteiger partial charge is 0.0782 e. The molecule has 0 saturated heterocycles. The largest absolute Gasteiger partial charge is 0.389 e. The lowest BCUT2D eigenvalue weighted by molar-refractivity contribution is 0.199. The van der Waals surface area contributed by atoms with Gasteiger partial charge in [0.15, 0.2) is 0 Å². The van der Waals surface area contributed by atoms with E-state index in [4.69, 9.17) is 0 Å². The predicted octanol–water partition coefficient (Wildman–Crippen LogP) is 4.90. The van der Waals surface area contributed by atoms with Crippen LogP contribution in [0.5, 0.6) is 0 Å². The first-order valence-electron chi connectivity index (χ1n) is 6.41. The van der Waals surface area contributed by atoms with Crippen LogP contribution in [0.3, 0.4) is 0 Å². The highest BCUT2D eigenvalue weighted by Gasteiger charge is 2.13. The lowest BCUT2D eigenvalue weighted by atomic mass is 10.1. The molecule has 0 bridgehead atoms. The maximum absolute atomic E-state index is 9.94. The lowest BCUT2D eigenvalue weighted by Gasteiger charge is -2.24. The van der Waals surface area contributed by atoms with Crippen LogP contribution in [0.25, 0.3) is 0 Å². The fourth-order valence-electron chi connectivity index (χ4n) is 2.17. The molecule has 0 amide bonds. The van der Waals surface area contributed by atoms with Crippen molar-refractivity contribution in [1.29, 1.82) is 0 Å². The zero-order valence-corrected chi connectivity index (χ0v) is 14.6. The number of benzene rings is 2. The van der Waals surface area contributed by atoms with Gasteiger partial charge in [-0.1, -0.05) is 50.1 Å². The van der Waals surface area contributed by atoms with Crippen LogP contribution in [0, 0.1) is 0 Å². The van der Waals surface area contributed by atoms with Crippen LogP contribution in [-0.4, -0.2) is 12.2 Å². The van der Waals surface area contributed by atoms with Crippen molar-refractivity contribution in [3.05, 3.63) is 62.5 Å². The van der Waals surface area contributed by atoms with E-state index in [0.29, 0.717) is 0 Å². The molecule has 1 unspecified atom stereocenters. The average molecular weight is 399 g/mol. The topological polar surface area (TPSA) is 23.5 Å². The minimum Gasteiger partial charge on any atom is -0.389 e. The predicted molar refractivity (Wildman–Crippen MR) is 91.0 cm³/mol. The van der Waals surface area contributed by atoms with Crippen molar-refractivity contribution in [2.45, 2.75) is 19.6 Å². The normalized spacial score (nSPS) is 12.2. The minimum atomic E-state index is -0.496. The summed E-state index contributed by atoms with van der Waals surface area (Å²) in [4.78, 5) is 2.15. The Bertz CT molecular complexity index is 599. The van der Waals surface area contributed by atoms with Crippen LogP contribution in [0.4, 0.5) is 5.69 Å². The van der Waals surface area contributed by atoms with Crippen LogP contribution < -0.4 is 4.90 Å². The van der Waals surface area contributed by atoms with Crippen molar-refractivity contribution < 1.29 is 5.11 Å². The van der Waals surface area contributed by atoms with Crippen molar-refractivity contribution in [3.63, 3.8) is 0 Å². The molecule has 0 heterocycles. The van der Waals surface area contributed by atoms with Crippen LogP contribution >= 0.6 is 31.9 Å². The Labute approximate surface area is 136 Å². The van der Waals surface area contributed by atoms with Gasteiger partial charge in [-0.3, -0.25) is 0 Å². The lowest BCUT2D eigenvalue weighted by Crippen LogP contribution is -2.19. The second-order valence-electron chi connectivity index (χ2n) is 4.83. The number of rotatable bonds is 4. The van der Waals surface area contributed by atoms with E-state index < -0.39 is 6.10 Å². The molecule has 2 rings (SSSR count). The van der Waals surface area contributed by atoms with E-state index in [1.807, 2.05) is 43.4 Å². The van der Waals surface area contributed by atoms with E-state index in [9.17, 15) is 5.11 Å². The molecule has 4 heteroatoms. The molecule has 0 saturated carbocycles. The maximum atomic E-state index is 9.94. The van der Waals surface area contributed by atoms with Gasteiger partial charge in [-0.15, -0.1) is 0 Å². The first-order chi connectivity index (χ1) is 9.49. The zero-order chi connectivity index (χ0) is 14.7. The van der Waals surface area contributed by atoms with E-state index in [1.54, 1.807) is 6.92 Å². The fraction of sp³-hybridized carbons (Fsp3) is 0.250. The molecular formula is C16H17Br2NO. The second-order valence-corrected chi connectivity index (χ2v) is 6.60. The summed E-state index contributed by atoms with van der Waals surface area (Å²) >= 11 is 7.03. The highest BCUT2D eigenvalue weighted by molar-refractivity contribution is 9.10. The summed E-state index contributed by atoms with van der Waals surface area (Å²) in [5, 5.41) is 9.94. The summed E-state index contributed by atoms with van der Waals surface area (Å²) in [5.74, 6) is 0. The molecule has 0 spiro atoms. The highest BCUT2D eigenvalue weighted by atomic mass is 79.9. The molecule has 1 N–H and O–H groups in total. The molecule has 0 aliphatic heterocycles. The van der Waals surface area contributed by atoms with E-state index in [1.165, 1.54) is 5.56 Å². The van der Waals surface area contributed by atoms with Gasteiger partial charge in [0, 0.05) is 33.8 Å². The number of aliphatic hydroxyl groups excluding tert-OH is 1. The van der Waals surface area contributed by atoms with Crippen molar-refractivity contribution >= 4 is 37.5 Å². The molecule has 0 fully saturated rings. The number of hydrogen-bond acceptors (Lipinski definition) is 2. The van der Waals surface area contributed by atoms with Gasteiger partial charge in [0.05, 0.1) is 6.10 Å². The first-order valence-corrected chi connectivity index (χ1v) is 7.99. The highest BCUT2D eigenvalue weighted by Crippen LogP contribution is 2.30. The van der Waals surface area contributed by atoms with Gasteiger partial charge in [0.1, 0.15) is 0 Å². The standard InChI is InChI=1S/C16H17Br2NO/c1-11(20)14-9-13(17)7-8-16(14)19(2)10-12-5-3-4-6-15(12)18/h3-9,11,20H,10H2,1-2H3. The summed E-state index contributed by atoms with van der Waals surface area (Å²) in [6.07, 6.45) is -0.496. The Morgan fingerprint density at radius 2 is 1.85 bits per heavy atom. The number of nitrogens with zero attached hydrogens (tertiary/aromatic N) is 1. The van der Waals surface area contributed by atoms with E-state index in [2.05, 4.69) is 42.8 Å². The van der Waals surface area contributed by atoms with Crippen LogP contribution in [0.15, 0.2) is 51.4 Å². The SMILES string of the molecule is CC(O)c1cc(Br)ccc1N(C)Cc1ccccc1Br. The molecule has 0 radical (unpaired) electrons. The van der Waals surface area contributed by atoms with Crippen LogP contribution in [0.2, 0.25) is 0 Å². The molecule has 106 valence electrons. The van der Waals surface area contributed by atoms with Crippen LogP contribution in [0.1, 0.15) is 24.2 Å². The Morgan fingerprint density at radius 3 is 2.50 bits per heavy atom. The molecule has 0 aromatic heterocycles. The molecule has 20 heavy (non-hydrogen) atoms. The van der Waals surface area contributed by atoms with Gasteiger partial charge in [-0.25, -0.2) is 0 Å². The molecule has 2 nitrogen and oxygen atoms in total. The molecule has 2 aromatic rings. The summed E-state index contributed by atoms with van der Waals surface area (Å²) in [6, 6.07) is 14.2. The summed E-state index contributed by atoms with van der Waals surface area (Å²) in [7, 11) is 2.04. The quantitative estimate of drug-likeness (QED) is 0.791. The van der Waals surface area contributed by atoms with Crippen molar-refractivity contribution in [2.75, 3.05) is 11.9 Å². The third-order valence-electron chi connectivity index (χ3n) is 3.22. The zero-order valence-electron chi connectivity index (χ0n) is 11.5. The van der Waals surface area contributed by atoms with Gasteiger partial charge >= 0.3 is 0 Å². The Kier molecular flexibility index (Phi) is 5.24. The van der Waals surface area contributed by atoms with Gasteiger partial charge in [0.25, 0.3) is 0 Å². The maximum Gasteiger partial charge on any atom is 0.0782 e. The van der Waals surface area contributed by atoms with Crippen molar-refractivity contribution in [3.8, 4) is 0 Å². The minimum absolute atomic E-state index is 0.496. The van der Waals surface area contributed by atoms with E-state index in [-0.39, 0.29) is 0 Å². The average Bonchev–Trinajstić information content (AvgIpc) is 2.41. The molecule has 2 aromatic carbocycles. The molecule has 1 atom stereocenters. The third kappa shape index (κ3) is 3.62. The summed E-state index contributed by atoms with van der Waals surface area (Å²) < 4.78 is 2.08. The van der Waals surface area contributed by atoms with Crippen molar-refractivity contribution in [1.82, 2.24) is 0 Å².